The number of hydrogen-bond donors (Lipinski definition) is 0. The Morgan fingerprint density at radius 1 is 0.794 bits per heavy atom. The topological polar surface area (TPSA) is 110 Å². The van der Waals surface area contributed by atoms with Gasteiger partial charge in [0.25, 0.3) is 0 Å². The SMILES string of the molecule is CCCCCCCCCCCCCOC(=O)c1ccccc1C(=O)OC(CCC)S(=O)(=O)[O-].[K+]. The van der Waals surface area contributed by atoms with Gasteiger partial charge in [-0.3, -0.25) is 0 Å². The Morgan fingerprint density at radius 3 is 1.74 bits per heavy atom. The molecule has 34 heavy (non-hydrogen) atoms. The maximum Gasteiger partial charge on any atom is 1.00 e. The Kier molecular flexibility index (Phi) is 19.7. The molecule has 1 unspecified atom stereocenters. The second-order valence-corrected chi connectivity index (χ2v) is 9.84. The Labute approximate surface area is 247 Å². The van der Waals surface area contributed by atoms with Crippen LogP contribution in [0, 0.1) is 0 Å². The fourth-order valence-electron chi connectivity index (χ4n) is 3.53. The number of benzene rings is 1. The molecule has 1 aromatic carbocycles. The Hall–Kier alpha value is -0.294. The van der Waals surface area contributed by atoms with Gasteiger partial charge in [-0.2, -0.15) is 0 Å². The zero-order valence-corrected chi connectivity index (χ0v) is 25.0. The molecule has 0 aliphatic rings. The van der Waals surface area contributed by atoms with E-state index in [-0.39, 0.29) is 75.5 Å². The maximum atomic E-state index is 12.5. The van der Waals surface area contributed by atoms with Gasteiger partial charge in [0.05, 0.1) is 17.7 Å². The molecular formula is C25H39KO7S. The number of hydrogen-bond acceptors (Lipinski definition) is 7. The first-order chi connectivity index (χ1) is 15.8. The van der Waals surface area contributed by atoms with Crippen LogP contribution in [-0.4, -0.2) is 37.0 Å². The average Bonchev–Trinajstić information content (AvgIpc) is 2.78. The molecular weight excluding hydrogens is 483 g/mol. The van der Waals surface area contributed by atoms with Crippen LogP contribution >= 0.6 is 0 Å². The number of esters is 2. The maximum absolute atomic E-state index is 12.5. The second-order valence-electron chi connectivity index (χ2n) is 8.33. The molecule has 0 saturated heterocycles. The van der Waals surface area contributed by atoms with Gasteiger partial charge in [0.1, 0.15) is 10.1 Å². The van der Waals surface area contributed by atoms with Gasteiger partial charge < -0.3 is 14.0 Å². The molecule has 0 amide bonds. The molecule has 1 rings (SSSR count). The van der Waals surface area contributed by atoms with Crippen LogP contribution in [0.3, 0.4) is 0 Å². The first-order valence-electron chi connectivity index (χ1n) is 12.2. The third-order valence-electron chi connectivity index (χ3n) is 5.43. The summed E-state index contributed by atoms with van der Waals surface area (Å²) in [6.45, 7) is 4.14. The van der Waals surface area contributed by atoms with Crippen molar-refractivity contribution in [2.75, 3.05) is 6.61 Å². The molecule has 0 heterocycles. The van der Waals surface area contributed by atoms with Gasteiger partial charge in [0, 0.05) is 0 Å². The number of carbonyl (C=O) groups excluding carboxylic acids is 2. The minimum atomic E-state index is -4.81. The van der Waals surface area contributed by atoms with Crippen LogP contribution in [-0.2, 0) is 19.6 Å². The summed E-state index contributed by atoms with van der Waals surface area (Å²) >= 11 is 0. The van der Waals surface area contributed by atoms with E-state index in [0.29, 0.717) is 6.42 Å². The van der Waals surface area contributed by atoms with E-state index in [9.17, 15) is 22.6 Å². The molecule has 0 radical (unpaired) electrons. The van der Waals surface area contributed by atoms with E-state index >= 15 is 0 Å². The zero-order valence-electron chi connectivity index (χ0n) is 21.1. The van der Waals surface area contributed by atoms with E-state index in [4.69, 9.17) is 9.47 Å². The van der Waals surface area contributed by atoms with Crippen molar-refractivity contribution in [3.05, 3.63) is 35.4 Å². The van der Waals surface area contributed by atoms with E-state index in [1.54, 1.807) is 13.0 Å². The fraction of sp³-hybridized carbons (Fsp3) is 0.680. The Morgan fingerprint density at radius 2 is 1.26 bits per heavy atom. The number of unbranched alkanes of at least 4 members (excludes halogenated alkanes) is 10. The molecule has 0 fully saturated rings. The number of carbonyl (C=O) groups is 2. The smallest absolute Gasteiger partial charge is 0.745 e. The second kappa shape index (κ2) is 19.8. The molecule has 0 spiro atoms. The molecule has 0 saturated carbocycles. The quantitative estimate of drug-likeness (QED) is 0.126. The van der Waals surface area contributed by atoms with Gasteiger partial charge in [0.2, 0.25) is 0 Å². The minimum Gasteiger partial charge on any atom is -0.745 e. The van der Waals surface area contributed by atoms with Gasteiger partial charge in [0.15, 0.2) is 5.44 Å². The first-order valence-corrected chi connectivity index (χ1v) is 13.7. The summed E-state index contributed by atoms with van der Waals surface area (Å²) in [5.74, 6) is -1.71. The summed E-state index contributed by atoms with van der Waals surface area (Å²) in [5.41, 5.74) is -1.91. The van der Waals surface area contributed by atoms with Crippen molar-refractivity contribution < 1.29 is 83.4 Å². The van der Waals surface area contributed by atoms with Gasteiger partial charge >= 0.3 is 63.3 Å². The largest absolute Gasteiger partial charge is 1.00 e. The van der Waals surface area contributed by atoms with Crippen LogP contribution in [0.4, 0.5) is 0 Å². The molecule has 1 atom stereocenters. The van der Waals surface area contributed by atoms with E-state index in [1.165, 1.54) is 69.6 Å². The van der Waals surface area contributed by atoms with Crippen LogP contribution in [0.5, 0.6) is 0 Å². The summed E-state index contributed by atoms with van der Waals surface area (Å²) in [7, 11) is -4.81. The molecule has 188 valence electrons. The van der Waals surface area contributed by atoms with Crippen molar-refractivity contribution in [1.29, 1.82) is 0 Å². The standard InChI is InChI=1S/C25H40O7S.K/c1-3-5-6-7-8-9-10-11-12-13-16-20-31-24(26)21-18-14-15-19-22(21)25(27)32-23(17-4-2)33(28,29)30;/h14-15,18-19,23H,3-13,16-17,20H2,1-2H3,(H,28,29,30);/q;+1/p-1. The van der Waals surface area contributed by atoms with Crippen LogP contribution in [0.25, 0.3) is 0 Å². The van der Waals surface area contributed by atoms with Crippen molar-refractivity contribution in [2.45, 2.75) is 103 Å². The molecule has 9 heteroatoms. The molecule has 0 bridgehead atoms. The van der Waals surface area contributed by atoms with E-state index in [0.717, 1.165) is 19.3 Å². The average molecular weight is 523 g/mol. The third kappa shape index (κ3) is 14.3. The monoisotopic (exact) mass is 522 g/mol. The van der Waals surface area contributed by atoms with E-state index < -0.39 is 27.5 Å². The summed E-state index contributed by atoms with van der Waals surface area (Å²) in [4.78, 5) is 24.9. The molecule has 0 N–H and O–H groups in total. The van der Waals surface area contributed by atoms with Crippen molar-refractivity contribution >= 4 is 22.1 Å². The molecule has 0 aliphatic heterocycles. The molecule has 0 aliphatic carbocycles. The zero-order chi connectivity index (χ0) is 24.5. The molecule has 0 aromatic heterocycles. The predicted molar refractivity (Wildman–Crippen MR) is 127 cm³/mol. The number of ether oxygens (including phenoxy) is 2. The fourth-order valence-corrected chi connectivity index (χ4v) is 4.26. The van der Waals surface area contributed by atoms with Gasteiger partial charge in [-0.25, -0.2) is 18.0 Å². The van der Waals surface area contributed by atoms with Crippen molar-refractivity contribution in [2.24, 2.45) is 0 Å². The van der Waals surface area contributed by atoms with Gasteiger partial charge in [-0.1, -0.05) is 96.6 Å². The van der Waals surface area contributed by atoms with Crippen molar-refractivity contribution in [3.8, 4) is 0 Å². The summed E-state index contributed by atoms with van der Waals surface area (Å²) in [6.07, 6.45) is 13.3. The van der Waals surface area contributed by atoms with Crippen LogP contribution < -0.4 is 51.4 Å². The molecule has 7 nitrogen and oxygen atoms in total. The normalized spacial score (nSPS) is 12.0. The van der Waals surface area contributed by atoms with Crippen LogP contribution in [0.2, 0.25) is 0 Å². The van der Waals surface area contributed by atoms with Crippen LogP contribution in [0.1, 0.15) is 118 Å². The van der Waals surface area contributed by atoms with Crippen molar-refractivity contribution in [3.63, 3.8) is 0 Å². The van der Waals surface area contributed by atoms with E-state index in [1.807, 2.05) is 0 Å². The van der Waals surface area contributed by atoms with Crippen molar-refractivity contribution in [1.82, 2.24) is 0 Å². The predicted octanol–water partition coefficient (Wildman–Crippen LogP) is 2.99. The third-order valence-corrected chi connectivity index (χ3v) is 6.41. The first kappa shape index (κ1) is 33.7. The summed E-state index contributed by atoms with van der Waals surface area (Å²) < 4.78 is 44.2. The minimum absolute atomic E-state index is 0. The van der Waals surface area contributed by atoms with Gasteiger partial charge in [-0.05, 0) is 25.0 Å². The summed E-state index contributed by atoms with van der Waals surface area (Å²) in [6, 6.07) is 5.86. The Bertz CT molecular complexity index is 811. The summed E-state index contributed by atoms with van der Waals surface area (Å²) in [5, 5.41) is 0. The number of rotatable bonds is 18. The van der Waals surface area contributed by atoms with Crippen LogP contribution in [0.15, 0.2) is 24.3 Å². The Balaban J connectivity index is 0.0000109. The van der Waals surface area contributed by atoms with Gasteiger partial charge in [-0.15, -0.1) is 0 Å². The van der Waals surface area contributed by atoms with E-state index in [2.05, 4.69) is 6.92 Å². The molecule has 1 aromatic rings.